The van der Waals surface area contributed by atoms with Crippen molar-refractivity contribution in [2.45, 2.75) is 20.3 Å². The number of furan rings is 1. The van der Waals surface area contributed by atoms with Crippen molar-refractivity contribution in [2.75, 3.05) is 6.54 Å². The van der Waals surface area contributed by atoms with Crippen LogP contribution in [-0.2, 0) is 6.42 Å². The van der Waals surface area contributed by atoms with Crippen LogP contribution < -0.4 is 5.32 Å². The lowest BCUT2D eigenvalue weighted by molar-refractivity contribution is 0.0927. The van der Waals surface area contributed by atoms with Gasteiger partial charge < -0.3 is 14.3 Å². The molecule has 4 aromatic rings. The molecule has 0 aliphatic heterocycles. The summed E-state index contributed by atoms with van der Waals surface area (Å²) in [4.78, 5) is 16.8. The molecule has 4 rings (SSSR count). The third-order valence-corrected chi connectivity index (χ3v) is 4.42. The summed E-state index contributed by atoms with van der Waals surface area (Å²) in [5.41, 5.74) is 3.55. The van der Waals surface area contributed by atoms with E-state index in [-0.39, 0.29) is 5.91 Å². The first-order valence-electron chi connectivity index (χ1n) is 8.78. The summed E-state index contributed by atoms with van der Waals surface area (Å²) in [6.45, 7) is 4.26. The van der Waals surface area contributed by atoms with E-state index >= 15 is 0 Å². The maximum atomic E-state index is 12.5. The monoisotopic (exact) mass is 361 g/mol. The molecular weight excluding hydrogens is 342 g/mol. The molecule has 0 fully saturated rings. The van der Waals surface area contributed by atoms with Crippen LogP contribution in [0.25, 0.3) is 22.4 Å². The van der Waals surface area contributed by atoms with Crippen molar-refractivity contribution in [1.82, 2.24) is 15.5 Å². The Bertz CT molecular complexity index is 1100. The molecule has 0 bridgehead atoms. The van der Waals surface area contributed by atoms with Gasteiger partial charge in [0.25, 0.3) is 5.91 Å². The highest BCUT2D eigenvalue weighted by atomic mass is 16.5. The Morgan fingerprint density at radius 1 is 1.11 bits per heavy atom. The van der Waals surface area contributed by atoms with Crippen molar-refractivity contribution in [1.29, 1.82) is 0 Å². The Labute approximate surface area is 156 Å². The molecule has 2 aromatic carbocycles. The summed E-state index contributed by atoms with van der Waals surface area (Å²) in [5, 5.41) is 7.78. The van der Waals surface area contributed by atoms with Gasteiger partial charge in [-0.25, -0.2) is 0 Å². The smallest absolute Gasteiger partial charge is 0.287 e. The van der Waals surface area contributed by atoms with E-state index in [2.05, 4.69) is 15.5 Å². The van der Waals surface area contributed by atoms with Gasteiger partial charge in [0.05, 0.1) is 0 Å². The molecule has 0 aliphatic carbocycles. The fourth-order valence-corrected chi connectivity index (χ4v) is 2.97. The number of amides is 1. The van der Waals surface area contributed by atoms with Crippen LogP contribution >= 0.6 is 0 Å². The van der Waals surface area contributed by atoms with Gasteiger partial charge in [-0.3, -0.25) is 4.79 Å². The fourth-order valence-electron chi connectivity index (χ4n) is 2.97. The maximum absolute atomic E-state index is 12.5. The van der Waals surface area contributed by atoms with E-state index in [9.17, 15) is 4.79 Å². The number of benzene rings is 2. The van der Waals surface area contributed by atoms with Gasteiger partial charge in [0.1, 0.15) is 5.58 Å². The molecule has 2 heterocycles. The van der Waals surface area contributed by atoms with E-state index < -0.39 is 0 Å². The topological polar surface area (TPSA) is 81.2 Å². The van der Waals surface area contributed by atoms with Gasteiger partial charge in [-0.1, -0.05) is 47.6 Å². The number of hydrogen-bond acceptors (Lipinski definition) is 5. The standard InChI is InChI=1S/C21H19N3O3/c1-13-8-9-16-14(2)19(26-17(16)12-13)21(25)22-11-10-18-23-20(24-27-18)15-6-4-3-5-7-15/h3-9,12H,10-11H2,1-2H3,(H,22,25). The number of aromatic nitrogens is 2. The molecule has 136 valence electrons. The van der Waals surface area contributed by atoms with Crippen LogP contribution in [0.3, 0.4) is 0 Å². The average Bonchev–Trinajstić information content (AvgIpc) is 3.27. The minimum atomic E-state index is -0.246. The third kappa shape index (κ3) is 3.46. The minimum absolute atomic E-state index is 0.246. The lowest BCUT2D eigenvalue weighted by Crippen LogP contribution is -2.25. The number of aryl methyl sites for hydroxylation is 2. The SMILES string of the molecule is Cc1ccc2c(C)c(C(=O)NCCc3nc(-c4ccccc4)no3)oc2c1. The predicted octanol–water partition coefficient (Wildman–Crippen LogP) is 4.07. The number of carbonyl (C=O) groups excluding carboxylic acids is 1. The number of nitrogens with one attached hydrogen (secondary N) is 1. The molecule has 0 spiro atoms. The third-order valence-electron chi connectivity index (χ3n) is 4.42. The minimum Gasteiger partial charge on any atom is -0.451 e. The Hall–Kier alpha value is -3.41. The Morgan fingerprint density at radius 2 is 1.93 bits per heavy atom. The predicted molar refractivity (Wildman–Crippen MR) is 101 cm³/mol. The van der Waals surface area contributed by atoms with Gasteiger partial charge in [0.15, 0.2) is 5.76 Å². The van der Waals surface area contributed by atoms with E-state index in [4.69, 9.17) is 8.94 Å². The van der Waals surface area contributed by atoms with Gasteiger partial charge in [0.2, 0.25) is 11.7 Å². The second-order valence-corrected chi connectivity index (χ2v) is 6.44. The first-order chi connectivity index (χ1) is 13.1. The van der Waals surface area contributed by atoms with Crippen molar-refractivity contribution in [3.8, 4) is 11.4 Å². The zero-order chi connectivity index (χ0) is 18.8. The molecule has 1 amide bonds. The van der Waals surface area contributed by atoms with Crippen LogP contribution in [0, 0.1) is 13.8 Å². The molecule has 1 N–H and O–H groups in total. The molecule has 0 aliphatic rings. The van der Waals surface area contributed by atoms with Gasteiger partial charge in [0, 0.05) is 29.5 Å². The largest absolute Gasteiger partial charge is 0.451 e. The van der Waals surface area contributed by atoms with Crippen molar-refractivity contribution < 1.29 is 13.7 Å². The zero-order valence-corrected chi connectivity index (χ0v) is 15.2. The van der Waals surface area contributed by atoms with Crippen LogP contribution in [0.15, 0.2) is 57.5 Å². The molecule has 6 nitrogen and oxygen atoms in total. The summed E-state index contributed by atoms with van der Waals surface area (Å²) in [7, 11) is 0. The normalized spacial score (nSPS) is 11.0. The van der Waals surface area contributed by atoms with E-state index in [1.165, 1.54) is 0 Å². The second kappa shape index (κ2) is 7.07. The molecule has 0 radical (unpaired) electrons. The summed E-state index contributed by atoms with van der Waals surface area (Å²) in [5.74, 6) is 1.11. The van der Waals surface area contributed by atoms with Gasteiger partial charge in [-0.05, 0) is 25.5 Å². The average molecular weight is 361 g/mol. The van der Waals surface area contributed by atoms with Gasteiger partial charge in [-0.2, -0.15) is 4.98 Å². The second-order valence-electron chi connectivity index (χ2n) is 6.44. The van der Waals surface area contributed by atoms with Crippen molar-refractivity contribution >= 4 is 16.9 Å². The number of rotatable bonds is 5. The molecule has 0 unspecified atom stereocenters. The molecule has 2 aromatic heterocycles. The van der Waals surface area contributed by atoms with Gasteiger partial charge in [-0.15, -0.1) is 0 Å². The summed E-state index contributed by atoms with van der Waals surface area (Å²) < 4.78 is 11.0. The Kier molecular flexibility index (Phi) is 4.46. The van der Waals surface area contributed by atoms with Crippen LogP contribution in [0.4, 0.5) is 0 Å². The first kappa shape index (κ1) is 17.0. The van der Waals surface area contributed by atoms with Crippen LogP contribution in [0.5, 0.6) is 0 Å². The number of carbonyl (C=O) groups is 1. The lowest BCUT2D eigenvalue weighted by Gasteiger charge is -2.01. The number of fused-ring (bicyclic) bond motifs is 1. The van der Waals surface area contributed by atoms with E-state index in [1.54, 1.807) is 0 Å². The fraction of sp³-hybridized carbons (Fsp3) is 0.190. The van der Waals surface area contributed by atoms with E-state index in [0.717, 1.165) is 27.7 Å². The number of hydrogen-bond donors (Lipinski definition) is 1. The van der Waals surface area contributed by atoms with Crippen molar-refractivity contribution in [3.63, 3.8) is 0 Å². The van der Waals surface area contributed by atoms with Crippen LogP contribution in [0.2, 0.25) is 0 Å². The molecule has 27 heavy (non-hydrogen) atoms. The summed E-state index contributed by atoms with van der Waals surface area (Å²) >= 11 is 0. The highest BCUT2D eigenvalue weighted by Crippen LogP contribution is 2.26. The maximum Gasteiger partial charge on any atom is 0.287 e. The molecule has 0 saturated carbocycles. The Balaban J connectivity index is 1.40. The Morgan fingerprint density at radius 3 is 2.74 bits per heavy atom. The molecule has 0 atom stereocenters. The quantitative estimate of drug-likeness (QED) is 0.579. The molecule has 0 saturated heterocycles. The van der Waals surface area contributed by atoms with Crippen molar-refractivity contribution in [2.24, 2.45) is 0 Å². The van der Waals surface area contributed by atoms with Gasteiger partial charge >= 0.3 is 0 Å². The van der Waals surface area contributed by atoms with E-state index in [0.29, 0.717) is 30.4 Å². The molecular formula is C21H19N3O3. The van der Waals surface area contributed by atoms with Crippen molar-refractivity contribution in [3.05, 3.63) is 71.3 Å². The zero-order valence-electron chi connectivity index (χ0n) is 15.2. The number of nitrogens with zero attached hydrogens (tertiary/aromatic N) is 2. The highest BCUT2D eigenvalue weighted by Gasteiger charge is 2.17. The summed E-state index contributed by atoms with van der Waals surface area (Å²) in [6.07, 6.45) is 0.448. The first-order valence-corrected chi connectivity index (χ1v) is 8.78. The van der Waals surface area contributed by atoms with E-state index in [1.807, 2.05) is 62.4 Å². The molecule has 6 heteroatoms. The summed E-state index contributed by atoms with van der Waals surface area (Å²) in [6, 6.07) is 15.5. The highest BCUT2D eigenvalue weighted by molar-refractivity contribution is 5.99. The lowest BCUT2D eigenvalue weighted by atomic mass is 10.1. The van der Waals surface area contributed by atoms with Crippen LogP contribution in [0.1, 0.15) is 27.6 Å². The van der Waals surface area contributed by atoms with Crippen LogP contribution in [-0.4, -0.2) is 22.6 Å².